The molecule has 5 rings (SSSR count). The fourth-order valence-electron chi connectivity index (χ4n) is 3.66. The van der Waals surface area contributed by atoms with Gasteiger partial charge in [-0.05, 0) is 37.1 Å². The maximum atomic E-state index is 5.47. The first kappa shape index (κ1) is 17.6. The molecule has 0 aromatic carbocycles. The molecule has 1 aliphatic heterocycles. The molecule has 1 saturated heterocycles. The summed E-state index contributed by atoms with van der Waals surface area (Å²) in [7, 11) is 0. The van der Waals surface area contributed by atoms with Gasteiger partial charge < -0.3 is 10.1 Å². The van der Waals surface area contributed by atoms with Gasteiger partial charge >= 0.3 is 0 Å². The third kappa shape index (κ3) is 3.74. The average Bonchev–Trinajstić information content (AvgIpc) is 3.22. The molecule has 5 nitrogen and oxygen atoms in total. The molecule has 0 amide bonds. The number of ether oxygens (including phenoxy) is 1. The van der Waals surface area contributed by atoms with Crippen molar-refractivity contribution in [2.75, 3.05) is 31.6 Å². The van der Waals surface area contributed by atoms with E-state index in [1.165, 1.54) is 28.7 Å². The molecule has 3 aromatic heterocycles. The second kappa shape index (κ2) is 7.47. The first-order valence-corrected chi connectivity index (χ1v) is 11.4. The zero-order chi connectivity index (χ0) is 18.2. The van der Waals surface area contributed by atoms with E-state index in [-0.39, 0.29) is 0 Å². The van der Waals surface area contributed by atoms with E-state index in [1.807, 2.05) is 0 Å². The fraction of sp³-hybridized carbons (Fsp3) is 0.500. The van der Waals surface area contributed by atoms with Crippen LogP contribution in [0.1, 0.15) is 25.6 Å². The van der Waals surface area contributed by atoms with Crippen LogP contribution in [0.2, 0.25) is 0 Å². The van der Waals surface area contributed by atoms with Gasteiger partial charge in [0.15, 0.2) is 0 Å². The highest BCUT2D eigenvalue weighted by atomic mass is 32.1. The Kier molecular flexibility index (Phi) is 4.85. The molecule has 2 fully saturated rings. The van der Waals surface area contributed by atoms with Crippen molar-refractivity contribution in [1.29, 1.82) is 0 Å². The summed E-state index contributed by atoms with van der Waals surface area (Å²) in [4.78, 5) is 14.7. The third-order valence-corrected chi connectivity index (χ3v) is 7.20. The van der Waals surface area contributed by atoms with Gasteiger partial charge in [-0.3, -0.25) is 4.90 Å². The van der Waals surface area contributed by atoms with Crippen LogP contribution >= 0.6 is 22.7 Å². The second-order valence-electron chi connectivity index (χ2n) is 7.45. The van der Waals surface area contributed by atoms with Gasteiger partial charge in [0.1, 0.15) is 16.5 Å². The monoisotopic (exact) mass is 400 g/mol. The highest BCUT2D eigenvalue weighted by molar-refractivity contribution is 7.18. The number of thiophene rings is 2. The smallest absolute Gasteiger partial charge is 0.146 e. The van der Waals surface area contributed by atoms with Crippen molar-refractivity contribution in [3.05, 3.63) is 28.7 Å². The van der Waals surface area contributed by atoms with Crippen LogP contribution in [0.4, 0.5) is 5.82 Å². The summed E-state index contributed by atoms with van der Waals surface area (Å²) in [6.45, 7) is 6.57. The van der Waals surface area contributed by atoms with Crippen molar-refractivity contribution >= 4 is 38.7 Å². The predicted molar refractivity (Wildman–Crippen MR) is 113 cm³/mol. The number of hydrogen-bond donors (Lipinski definition) is 1. The van der Waals surface area contributed by atoms with Crippen molar-refractivity contribution in [2.24, 2.45) is 5.92 Å². The van der Waals surface area contributed by atoms with Gasteiger partial charge in [0.25, 0.3) is 0 Å². The van der Waals surface area contributed by atoms with Crippen molar-refractivity contribution in [3.63, 3.8) is 0 Å². The van der Waals surface area contributed by atoms with Gasteiger partial charge in [-0.25, -0.2) is 9.97 Å². The Balaban J connectivity index is 1.53. The predicted octanol–water partition coefficient (Wildman–Crippen LogP) is 4.46. The summed E-state index contributed by atoms with van der Waals surface area (Å²) in [6, 6.07) is 4.74. The second-order valence-corrected chi connectivity index (χ2v) is 9.26. The van der Waals surface area contributed by atoms with Crippen LogP contribution in [0.15, 0.2) is 22.9 Å². The number of hydrogen-bond acceptors (Lipinski definition) is 7. The topological polar surface area (TPSA) is 50.3 Å². The van der Waals surface area contributed by atoms with Crippen molar-refractivity contribution < 1.29 is 4.74 Å². The van der Waals surface area contributed by atoms with Crippen LogP contribution < -0.4 is 5.32 Å². The standard InChI is InChI=1S/C20H24N4OS2/c1-13(14-4-5-14)21-19-18-15(16-3-2-10-26-16)12-27-20(18)23-17(22-19)11-24-6-8-25-9-7-24/h2-3,10,12-14H,4-9,11H2,1H3,(H,21,22,23)/t13-/m1/s1. The van der Waals surface area contributed by atoms with Gasteiger partial charge in [0.05, 0.1) is 25.1 Å². The summed E-state index contributed by atoms with van der Waals surface area (Å²) in [5.41, 5.74) is 1.26. The first-order chi connectivity index (χ1) is 13.3. The first-order valence-electron chi connectivity index (χ1n) is 9.66. The maximum Gasteiger partial charge on any atom is 0.146 e. The van der Waals surface area contributed by atoms with Gasteiger partial charge in [-0.15, -0.1) is 22.7 Å². The fourth-order valence-corrected chi connectivity index (χ4v) is 5.44. The largest absolute Gasteiger partial charge is 0.379 e. The van der Waals surface area contributed by atoms with Gasteiger partial charge in [0, 0.05) is 35.0 Å². The Morgan fingerprint density at radius 2 is 2.11 bits per heavy atom. The maximum absolute atomic E-state index is 5.47. The molecule has 0 bridgehead atoms. The molecule has 0 spiro atoms. The molecule has 0 unspecified atom stereocenters. The summed E-state index contributed by atoms with van der Waals surface area (Å²) >= 11 is 3.50. The SMILES string of the molecule is C[C@@H](Nc1nc(CN2CCOCC2)nc2scc(-c3cccs3)c12)C1CC1. The number of morpholine rings is 1. The Hall–Kier alpha value is -1.54. The Morgan fingerprint density at radius 3 is 2.85 bits per heavy atom. The van der Waals surface area contributed by atoms with E-state index in [2.05, 4.69) is 40.0 Å². The number of fused-ring (bicyclic) bond motifs is 1. The van der Waals surface area contributed by atoms with Gasteiger partial charge in [0.2, 0.25) is 0 Å². The number of nitrogens with zero attached hydrogens (tertiary/aromatic N) is 3. The van der Waals surface area contributed by atoms with E-state index >= 15 is 0 Å². The van der Waals surface area contributed by atoms with E-state index in [4.69, 9.17) is 14.7 Å². The lowest BCUT2D eigenvalue weighted by Gasteiger charge is -2.26. The highest BCUT2D eigenvalue weighted by Gasteiger charge is 2.29. The molecule has 1 aliphatic carbocycles. The molecule has 3 aromatic rings. The quantitative estimate of drug-likeness (QED) is 0.662. The molecule has 27 heavy (non-hydrogen) atoms. The molecule has 2 aliphatic rings. The average molecular weight is 401 g/mol. The lowest BCUT2D eigenvalue weighted by Crippen LogP contribution is -2.36. The van der Waals surface area contributed by atoms with Crippen LogP contribution in [0.3, 0.4) is 0 Å². The van der Waals surface area contributed by atoms with Crippen molar-refractivity contribution in [2.45, 2.75) is 32.4 Å². The van der Waals surface area contributed by atoms with Crippen LogP contribution in [0, 0.1) is 5.92 Å². The zero-order valence-corrected chi connectivity index (χ0v) is 17.1. The van der Waals surface area contributed by atoms with Crippen molar-refractivity contribution in [3.8, 4) is 10.4 Å². The minimum atomic E-state index is 0.454. The third-order valence-electron chi connectivity index (χ3n) is 5.43. The summed E-state index contributed by atoms with van der Waals surface area (Å²) < 4.78 is 5.47. The lowest BCUT2D eigenvalue weighted by molar-refractivity contribution is 0.0331. The van der Waals surface area contributed by atoms with Crippen LogP contribution in [0.5, 0.6) is 0 Å². The Bertz CT molecular complexity index is 914. The molecule has 1 atom stereocenters. The molecule has 7 heteroatoms. The zero-order valence-electron chi connectivity index (χ0n) is 15.5. The molecule has 142 valence electrons. The van der Waals surface area contributed by atoms with Crippen molar-refractivity contribution in [1.82, 2.24) is 14.9 Å². The Morgan fingerprint density at radius 1 is 1.26 bits per heavy atom. The Labute approximate surface area is 167 Å². The lowest BCUT2D eigenvalue weighted by atomic mass is 10.1. The van der Waals surface area contributed by atoms with E-state index in [9.17, 15) is 0 Å². The number of anilines is 1. The van der Waals surface area contributed by atoms with E-state index in [0.717, 1.165) is 55.2 Å². The molecule has 4 heterocycles. The summed E-state index contributed by atoms with van der Waals surface area (Å²) in [5.74, 6) is 2.70. The van der Waals surface area contributed by atoms with E-state index < -0.39 is 0 Å². The summed E-state index contributed by atoms with van der Waals surface area (Å²) in [6.07, 6.45) is 2.65. The number of rotatable bonds is 6. The number of nitrogens with one attached hydrogen (secondary N) is 1. The van der Waals surface area contributed by atoms with Crippen LogP contribution in [-0.4, -0.2) is 47.2 Å². The number of aromatic nitrogens is 2. The molecular weight excluding hydrogens is 376 g/mol. The normalized spacial score (nSPS) is 19.4. The minimum absolute atomic E-state index is 0.454. The van der Waals surface area contributed by atoms with E-state index in [1.54, 1.807) is 22.7 Å². The van der Waals surface area contributed by atoms with Gasteiger partial charge in [-0.1, -0.05) is 6.07 Å². The molecule has 1 saturated carbocycles. The highest BCUT2D eigenvalue weighted by Crippen LogP contribution is 2.40. The molecule has 0 radical (unpaired) electrons. The van der Waals surface area contributed by atoms with Crippen LogP contribution in [-0.2, 0) is 11.3 Å². The van der Waals surface area contributed by atoms with Gasteiger partial charge in [-0.2, -0.15) is 0 Å². The molecule has 1 N–H and O–H groups in total. The molecular formula is C20H24N4OS2. The van der Waals surface area contributed by atoms with E-state index in [0.29, 0.717) is 6.04 Å². The van der Waals surface area contributed by atoms with Crippen LogP contribution in [0.25, 0.3) is 20.7 Å². The summed E-state index contributed by atoms with van der Waals surface area (Å²) in [5, 5.41) is 9.28. The minimum Gasteiger partial charge on any atom is -0.379 e.